The fraction of sp³-hybridized carbons (Fsp3) is 1.00. The van der Waals surface area contributed by atoms with Gasteiger partial charge in [-0.1, -0.05) is 13.8 Å². The smallest absolute Gasteiger partial charge is 0.0724 e. The molecule has 0 heterocycles. The Bertz CT molecular complexity index is 219. The topological polar surface area (TPSA) is 21.3 Å². The molecule has 0 aromatic carbocycles. The van der Waals surface area contributed by atoms with Gasteiger partial charge in [-0.3, -0.25) is 0 Å². The summed E-state index contributed by atoms with van der Waals surface area (Å²) in [5, 5.41) is 3.86. The predicted molar refractivity (Wildman–Crippen MR) is 67.5 cm³/mol. The van der Waals surface area contributed by atoms with Gasteiger partial charge in [0.1, 0.15) is 0 Å². The van der Waals surface area contributed by atoms with Crippen LogP contribution in [0.5, 0.6) is 0 Å². The average molecular weight is 225 g/mol. The Morgan fingerprint density at radius 2 is 1.81 bits per heavy atom. The largest absolute Gasteiger partial charge is 0.380 e. The molecule has 0 aromatic heterocycles. The molecule has 94 valence electrons. The molecule has 2 rings (SSSR count). The molecule has 0 saturated heterocycles. The molecule has 0 aromatic rings. The molecule has 2 saturated carbocycles. The Labute approximate surface area is 100 Å². The third-order valence-electron chi connectivity index (χ3n) is 4.61. The molecule has 2 fully saturated rings. The molecule has 0 amide bonds. The summed E-state index contributed by atoms with van der Waals surface area (Å²) < 4.78 is 5.56. The van der Waals surface area contributed by atoms with Gasteiger partial charge in [0.25, 0.3) is 0 Å². The maximum absolute atomic E-state index is 5.56. The lowest BCUT2D eigenvalue weighted by Crippen LogP contribution is -2.47. The molecule has 16 heavy (non-hydrogen) atoms. The zero-order valence-electron chi connectivity index (χ0n) is 11.0. The lowest BCUT2D eigenvalue weighted by atomic mass is 9.79. The Morgan fingerprint density at radius 1 is 1.00 bits per heavy atom. The summed E-state index contributed by atoms with van der Waals surface area (Å²) in [6.45, 7) is 4.80. The van der Waals surface area contributed by atoms with Crippen molar-refractivity contribution in [3.8, 4) is 0 Å². The maximum Gasteiger partial charge on any atom is 0.0724 e. The van der Waals surface area contributed by atoms with Gasteiger partial charge in [-0.15, -0.1) is 0 Å². The summed E-state index contributed by atoms with van der Waals surface area (Å²) >= 11 is 0. The van der Waals surface area contributed by atoms with Crippen molar-refractivity contribution < 1.29 is 4.74 Å². The van der Waals surface area contributed by atoms with Crippen molar-refractivity contribution in [3.63, 3.8) is 0 Å². The molecule has 1 N–H and O–H groups in total. The van der Waals surface area contributed by atoms with Crippen LogP contribution in [0.25, 0.3) is 0 Å². The van der Waals surface area contributed by atoms with E-state index in [2.05, 4.69) is 19.2 Å². The second-order valence-electron chi connectivity index (χ2n) is 5.98. The molecule has 0 bridgehead atoms. The van der Waals surface area contributed by atoms with Crippen LogP contribution in [0, 0.1) is 11.8 Å². The van der Waals surface area contributed by atoms with Crippen molar-refractivity contribution in [1.29, 1.82) is 0 Å². The minimum absolute atomic E-state index is 0.464. The van der Waals surface area contributed by atoms with E-state index in [0.29, 0.717) is 12.1 Å². The van der Waals surface area contributed by atoms with Crippen molar-refractivity contribution >= 4 is 0 Å². The molecule has 0 aliphatic heterocycles. The zero-order valence-corrected chi connectivity index (χ0v) is 11.0. The molecule has 0 spiro atoms. The number of rotatable bonds is 3. The van der Waals surface area contributed by atoms with Crippen LogP contribution in [-0.4, -0.2) is 25.3 Å². The first kappa shape index (κ1) is 12.4. The fourth-order valence-corrected chi connectivity index (χ4v) is 3.59. The second kappa shape index (κ2) is 5.50. The molecular formula is C14H27NO. The zero-order chi connectivity index (χ0) is 11.5. The van der Waals surface area contributed by atoms with Crippen LogP contribution in [0.15, 0.2) is 0 Å². The van der Waals surface area contributed by atoms with Gasteiger partial charge in [0.05, 0.1) is 6.10 Å². The summed E-state index contributed by atoms with van der Waals surface area (Å²) in [7, 11) is 1.86. The summed E-state index contributed by atoms with van der Waals surface area (Å²) in [4.78, 5) is 0. The van der Waals surface area contributed by atoms with E-state index in [-0.39, 0.29) is 0 Å². The van der Waals surface area contributed by atoms with Crippen LogP contribution in [0.3, 0.4) is 0 Å². The highest BCUT2D eigenvalue weighted by molar-refractivity contribution is 4.90. The van der Waals surface area contributed by atoms with Crippen LogP contribution in [0.4, 0.5) is 0 Å². The van der Waals surface area contributed by atoms with Gasteiger partial charge in [0, 0.05) is 19.2 Å². The highest BCUT2D eigenvalue weighted by atomic mass is 16.5. The first-order valence-electron chi connectivity index (χ1n) is 6.99. The van der Waals surface area contributed by atoms with Crippen molar-refractivity contribution in [2.45, 2.75) is 70.6 Å². The van der Waals surface area contributed by atoms with E-state index in [9.17, 15) is 0 Å². The third kappa shape index (κ3) is 2.78. The third-order valence-corrected chi connectivity index (χ3v) is 4.61. The second-order valence-corrected chi connectivity index (χ2v) is 5.98. The summed E-state index contributed by atoms with van der Waals surface area (Å²) in [5.41, 5.74) is 0. The van der Waals surface area contributed by atoms with Crippen molar-refractivity contribution in [1.82, 2.24) is 5.32 Å². The molecular weight excluding hydrogens is 198 g/mol. The van der Waals surface area contributed by atoms with Crippen molar-refractivity contribution in [3.05, 3.63) is 0 Å². The normalized spacial score (nSPS) is 44.8. The summed E-state index contributed by atoms with van der Waals surface area (Å²) in [5.74, 6) is 1.76. The Morgan fingerprint density at radius 3 is 2.50 bits per heavy atom. The quantitative estimate of drug-likeness (QED) is 0.797. The minimum Gasteiger partial charge on any atom is -0.380 e. The average Bonchev–Trinajstić information content (AvgIpc) is 2.69. The molecule has 2 heteroatoms. The van der Waals surface area contributed by atoms with Gasteiger partial charge in [0.15, 0.2) is 0 Å². The minimum atomic E-state index is 0.464. The Balaban J connectivity index is 1.84. The summed E-state index contributed by atoms with van der Waals surface area (Å²) in [6.07, 6.45) is 8.48. The van der Waals surface area contributed by atoms with Crippen molar-refractivity contribution in [2.75, 3.05) is 7.11 Å². The standard InChI is InChI=1S/C14H27NO/c1-10-7-8-12(11(2)9-10)15-13-5-4-6-14(13)16-3/h10-15H,4-9H2,1-3H3. The highest BCUT2D eigenvalue weighted by Gasteiger charge is 2.32. The lowest BCUT2D eigenvalue weighted by molar-refractivity contribution is 0.0731. The van der Waals surface area contributed by atoms with Crippen LogP contribution in [-0.2, 0) is 4.74 Å². The monoisotopic (exact) mass is 225 g/mol. The number of hydrogen-bond donors (Lipinski definition) is 1. The molecule has 5 atom stereocenters. The van der Waals surface area contributed by atoms with Crippen molar-refractivity contribution in [2.24, 2.45) is 11.8 Å². The van der Waals surface area contributed by atoms with Gasteiger partial charge in [-0.2, -0.15) is 0 Å². The first-order valence-corrected chi connectivity index (χ1v) is 6.99. The number of methoxy groups -OCH3 is 1. The fourth-order valence-electron chi connectivity index (χ4n) is 3.59. The first-order chi connectivity index (χ1) is 7.70. The molecule has 2 aliphatic carbocycles. The molecule has 5 unspecified atom stereocenters. The van der Waals surface area contributed by atoms with E-state index in [4.69, 9.17) is 4.74 Å². The van der Waals surface area contributed by atoms with Gasteiger partial charge in [0.2, 0.25) is 0 Å². The predicted octanol–water partition coefficient (Wildman–Crippen LogP) is 2.97. The summed E-state index contributed by atoms with van der Waals surface area (Å²) in [6, 6.07) is 1.35. The molecule has 2 aliphatic rings. The SMILES string of the molecule is COC1CCCC1NC1CCC(C)CC1C. The Kier molecular flexibility index (Phi) is 4.26. The Hall–Kier alpha value is -0.0800. The maximum atomic E-state index is 5.56. The van der Waals surface area contributed by atoms with E-state index in [1.54, 1.807) is 0 Å². The van der Waals surface area contributed by atoms with E-state index >= 15 is 0 Å². The highest BCUT2D eigenvalue weighted by Crippen LogP contribution is 2.31. The molecule has 0 radical (unpaired) electrons. The van der Waals surface area contributed by atoms with Crippen LogP contribution >= 0.6 is 0 Å². The van der Waals surface area contributed by atoms with E-state index in [1.807, 2.05) is 7.11 Å². The van der Waals surface area contributed by atoms with Crippen LogP contribution < -0.4 is 5.32 Å². The number of nitrogens with one attached hydrogen (secondary N) is 1. The van der Waals surface area contributed by atoms with E-state index < -0.39 is 0 Å². The van der Waals surface area contributed by atoms with E-state index in [1.165, 1.54) is 38.5 Å². The van der Waals surface area contributed by atoms with E-state index in [0.717, 1.165) is 17.9 Å². The number of ether oxygens (including phenoxy) is 1. The molecule has 2 nitrogen and oxygen atoms in total. The van der Waals surface area contributed by atoms with Gasteiger partial charge in [-0.05, 0) is 50.4 Å². The van der Waals surface area contributed by atoms with Crippen LogP contribution in [0.1, 0.15) is 52.4 Å². The van der Waals surface area contributed by atoms with Gasteiger partial charge in [-0.25, -0.2) is 0 Å². The van der Waals surface area contributed by atoms with Gasteiger partial charge >= 0.3 is 0 Å². The van der Waals surface area contributed by atoms with Gasteiger partial charge < -0.3 is 10.1 Å². The van der Waals surface area contributed by atoms with Crippen LogP contribution in [0.2, 0.25) is 0 Å². The number of hydrogen-bond acceptors (Lipinski definition) is 2. The lowest BCUT2D eigenvalue weighted by Gasteiger charge is -2.36.